The van der Waals surface area contributed by atoms with Crippen LogP contribution in [0.1, 0.15) is 34.0 Å². The fraction of sp³-hybridized carbons (Fsp3) is 0.333. The van der Waals surface area contributed by atoms with Gasteiger partial charge in [-0.05, 0) is 43.2 Å². The Balaban J connectivity index is 2.11. The number of aryl methyl sites for hydroxylation is 1. The molecule has 2 aromatic rings. The van der Waals surface area contributed by atoms with Gasteiger partial charge in [0.1, 0.15) is 0 Å². The molecular weight excluding hydrogens is 256 g/mol. The highest BCUT2D eigenvalue weighted by molar-refractivity contribution is 7.14. The Hall–Kier alpha value is -1.68. The number of nitrogens with zero attached hydrogens (tertiary/aromatic N) is 2. The van der Waals surface area contributed by atoms with Crippen molar-refractivity contribution >= 4 is 17.2 Å². The zero-order chi connectivity index (χ0) is 13.7. The van der Waals surface area contributed by atoms with Crippen molar-refractivity contribution in [3.63, 3.8) is 0 Å². The number of carbonyl (C=O) groups is 1. The molecule has 0 spiro atoms. The van der Waals surface area contributed by atoms with Gasteiger partial charge in [0.2, 0.25) is 0 Å². The monoisotopic (exact) mass is 274 g/mol. The van der Waals surface area contributed by atoms with Gasteiger partial charge in [0.15, 0.2) is 0 Å². The molecule has 0 saturated carbocycles. The number of amides is 1. The van der Waals surface area contributed by atoms with E-state index in [-0.39, 0.29) is 5.91 Å². The molecule has 0 unspecified atom stereocenters. The molecule has 0 atom stereocenters. The molecule has 0 aliphatic carbocycles. The van der Waals surface area contributed by atoms with Crippen molar-refractivity contribution in [2.24, 2.45) is 0 Å². The minimum absolute atomic E-state index is 0.115. The second-order valence-electron chi connectivity index (χ2n) is 4.29. The molecule has 0 radical (unpaired) electrons. The second-order valence-corrected chi connectivity index (χ2v) is 5.46. The van der Waals surface area contributed by atoms with Gasteiger partial charge in [-0.25, -0.2) is 0 Å². The molecule has 19 heavy (non-hydrogen) atoms. The van der Waals surface area contributed by atoms with Crippen LogP contribution in [0, 0.1) is 0 Å². The predicted molar refractivity (Wildman–Crippen MR) is 78.3 cm³/mol. The highest BCUT2D eigenvalue weighted by Crippen LogP contribution is 2.19. The van der Waals surface area contributed by atoms with Gasteiger partial charge in [-0.3, -0.25) is 9.78 Å². The summed E-state index contributed by atoms with van der Waals surface area (Å²) in [6.45, 7) is 5.46. The fourth-order valence-corrected chi connectivity index (χ4v) is 2.79. The average Bonchev–Trinajstić information content (AvgIpc) is 2.94. The lowest BCUT2D eigenvalue weighted by atomic mass is 10.2. The zero-order valence-corrected chi connectivity index (χ0v) is 12.1. The maximum Gasteiger partial charge on any atom is 0.264 e. The molecule has 0 aromatic carbocycles. The van der Waals surface area contributed by atoms with Gasteiger partial charge in [0.25, 0.3) is 5.91 Å². The Bertz CT molecular complexity index is 536. The van der Waals surface area contributed by atoms with Crippen molar-refractivity contribution in [3.8, 4) is 0 Å². The summed E-state index contributed by atoms with van der Waals surface area (Å²) in [4.78, 5) is 20.4. The van der Waals surface area contributed by atoms with Gasteiger partial charge in [-0.1, -0.05) is 6.92 Å². The predicted octanol–water partition coefficient (Wildman–Crippen LogP) is 3.37. The van der Waals surface area contributed by atoms with E-state index >= 15 is 0 Å². The minimum atomic E-state index is 0.115. The highest BCUT2D eigenvalue weighted by atomic mass is 32.1. The molecule has 2 rings (SSSR count). The Labute approximate surface area is 117 Å². The lowest BCUT2D eigenvalue weighted by Gasteiger charge is -2.20. The molecule has 0 bridgehead atoms. The normalized spacial score (nSPS) is 10.4. The van der Waals surface area contributed by atoms with E-state index in [0.29, 0.717) is 13.1 Å². The number of aromatic nitrogens is 1. The van der Waals surface area contributed by atoms with Gasteiger partial charge in [-0.15, -0.1) is 11.3 Å². The van der Waals surface area contributed by atoms with E-state index in [0.717, 1.165) is 16.9 Å². The Morgan fingerprint density at radius 3 is 2.53 bits per heavy atom. The number of hydrogen-bond acceptors (Lipinski definition) is 3. The van der Waals surface area contributed by atoms with Crippen LogP contribution in [0.2, 0.25) is 0 Å². The standard InChI is InChI=1S/C15H18N2OS/c1-3-13-5-6-14(19-13)15(18)17(4-2)11-12-7-9-16-10-8-12/h5-10H,3-4,11H2,1-2H3. The number of pyridine rings is 1. The van der Waals surface area contributed by atoms with Gasteiger partial charge >= 0.3 is 0 Å². The van der Waals surface area contributed by atoms with Crippen molar-refractivity contribution in [2.45, 2.75) is 26.8 Å². The molecule has 2 aromatic heterocycles. The molecule has 0 aliphatic heterocycles. The van der Waals surface area contributed by atoms with Gasteiger partial charge < -0.3 is 4.90 Å². The Morgan fingerprint density at radius 1 is 1.21 bits per heavy atom. The topological polar surface area (TPSA) is 33.2 Å². The molecule has 0 fully saturated rings. The first-order valence-corrected chi connectivity index (χ1v) is 7.33. The second kappa shape index (κ2) is 6.48. The van der Waals surface area contributed by atoms with E-state index in [9.17, 15) is 4.79 Å². The maximum absolute atomic E-state index is 12.4. The van der Waals surface area contributed by atoms with Crippen LogP contribution in [0.25, 0.3) is 0 Å². The van der Waals surface area contributed by atoms with E-state index in [1.807, 2.05) is 36.1 Å². The highest BCUT2D eigenvalue weighted by Gasteiger charge is 2.16. The Kier molecular flexibility index (Phi) is 4.68. The average molecular weight is 274 g/mol. The number of rotatable bonds is 5. The smallest absolute Gasteiger partial charge is 0.264 e. The van der Waals surface area contributed by atoms with E-state index in [1.165, 1.54) is 4.88 Å². The van der Waals surface area contributed by atoms with Crippen LogP contribution in [-0.4, -0.2) is 22.3 Å². The summed E-state index contributed by atoms with van der Waals surface area (Å²) in [5.41, 5.74) is 1.11. The number of thiophene rings is 1. The molecule has 2 heterocycles. The lowest BCUT2D eigenvalue weighted by Crippen LogP contribution is -2.29. The van der Waals surface area contributed by atoms with Crippen molar-refractivity contribution < 1.29 is 4.79 Å². The molecule has 4 heteroatoms. The summed E-state index contributed by atoms with van der Waals surface area (Å²) in [6.07, 6.45) is 4.50. The summed E-state index contributed by atoms with van der Waals surface area (Å²) in [5.74, 6) is 0.115. The van der Waals surface area contributed by atoms with Crippen LogP contribution >= 0.6 is 11.3 Å². The molecular formula is C15H18N2OS. The summed E-state index contributed by atoms with van der Waals surface area (Å²) >= 11 is 1.59. The molecule has 0 saturated heterocycles. The van der Waals surface area contributed by atoms with Crippen molar-refractivity contribution in [3.05, 3.63) is 52.0 Å². The third kappa shape index (κ3) is 3.41. The van der Waals surface area contributed by atoms with Crippen LogP contribution in [-0.2, 0) is 13.0 Å². The molecule has 1 amide bonds. The largest absolute Gasteiger partial charge is 0.334 e. The molecule has 0 aliphatic rings. The maximum atomic E-state index is 12.4. The third-order valence-electron chi connectivity index (χ3n) is 3.01. The molecule has 100 valence electrons. The quantitative estimate of drug-likeness (QED) is 0.837. The van der Waals surface area contributed by atoms with Crippen molar-refractivity contribution in [1.29, 1.82) is 0 Å². The van der Waals surface area contributed by atoms with E-state index in [2.05, 4.69) is 11.9 Å². The summed E-state index contributed by atoms with van der Waals surface area (Å²) < 4.78 is 0. The Morgan fingerprint density at radius 2 is 1.95 bits per heavy atom. The van der Waals surface area contributed by atoms with Gasteiger partial charge in [0, 0.05) is 30.4 Å². The van der Waals surface area contributed by atoms with Crippen molar-refractivity contribution in [1.82, 2.24) is 9.88 Å². The number of hydrogen-bond donors (Lipinski definition) is 0. The number of carbonyl (C=O) groups excluding carboxylic acids is 1. The first-order chi connectivity index (χ1) is 9.24. The summed E-state index contributed by atoms with van der Waals surface area (Å²) in [7, 11) is 0. The van der Waals surface area contributed by atoms with E-state index in [1.54, 1.807) is 23.7 Å². The minimum Gasteiger partial charge on any atom is -0.334 e. The zero-order valence-electron chi connectivity index (χ0n) is 11.3. The van der Waals surface area contributed by atoms with Crippen molar-refractivity contribution in [2.75, 3.05) is 6.54 Å². The SMILES string of the molecule is CCc1ccc(C(=O)N(CC)Cc2ccncc2)s1. The van der Waals surface area contributed by atoms with Crippen LogP contribution < -0.4 is 0 Å². The summed E-state index contributed by atoms with van der Waals surface area (Å²) in [6, 6.07) is 7.86. The first-order valence-electron chi connectivity index (χ1n) is 6.51. The van der Waals surface area contributed by atoms with Crippen LogP contribution in [0.4, 0.5) is 0 Å². The molecule has 0 N–H and O–H groups in total. The van der Waals surface area contributed by atoms with Crippen LogP contribution in [0.3, 0.4) is 0 Å². The van der Waals surface area contributed by atoms with E-state index < -0.39 is 0 Å². The fourth-order valence-electron chi connectivity index (χ4n) is 1.87. The third-order valence-corrected chi connectivity index (χ3v) is 4.23. The summed E-state index contributed by atoms with van der Waals surface area (Å²) in [5, 5.41) is 0. The van der Waals surface area contributed by atoms with Crippen LogP contribution in [0.15, 0.2) is 36.7 Å². The lowest BCUT2D eigenvalue weighted by molar-refractivity contribution is 0.0757. The van der Waals surface area contributed by atoms with E-state index in [4.69, 9.17) is 0 Å². The first kappa shape index (κ1) is 13.7. The van der Waals surface area contributed by atoms with Crippen LogP contribution in [0.5, 0.6) is 0 Å². The molecule has 3 nitrogen and oxygen atoms in total. The van der Waals surface area contributed by atoms with Gasteiger partial charge in [-0.2, -0.15) is 0 Å². The van der Waals surface area contributed by atoms with Gasteiger partial charge in [0.05, 0.1) is 4.88 Å².